The van der Waals surface area contributed by atoms with Gasteiger partial charge in [-0.25, -0.2) is 0 Å². The van der Waals surface area contributed by atoms with E-state index in [1.54, 1.807) is 16.6 Å². The summed E-state index contributed by atoms with van der Waals surface area (Å²) in [7, 11) is 3.50. The predicted molar refractivity (Wildman–Crippen MR) is 77.8 cm³/mol. The fourth-order valence-electron chi connectivity index (χ4n) is 3.03. The number of piperidine rings is 1. The van der Waals surface area contributed by atoms with Crippen LogP contribution in [0.15, 0.2) is 6.20 Å². The Morgan fingerprint density at radius 2 is 2.00 bits per heavy atom. The van der Waals surface area contributed by atoms with Crippen LogP contribution in [-0.2, 0) is 22.1 Å². The van der Waals surface area contributed by atoms with E-state index in [0.717, 1.165) is 11.3 Å². The third-order valence-corrected chi connectivity index (χ3v) is 4.06. The second-order valence-electron chi connectivity index (χ2n) is 6.79. The molecule has 2 unspecified atom stereocenters. The summed E-state index contributed by atoms with van der Waals surface area (Å²) in [5.41, 5.74) is 1.48. The van der Waals surface area contributed by atoms with Gasteiger partial charge < -0.3 is 10.0 Å². The zero-order chi connectivity index (χ0) is 15.9. The first-order valence-electron chi connectivity index (χ1n) is 7.15. The molecule has 2 rings (SSSR count). The molecule has 0 aliphatic carbocycles. The predicted octanol–water partition coefficient (Wildman–Crippen LogP) is 1.71. The Morgan fingerprint density at radius 3 is 2.52 bits per heavy atom. The van der Waals surface area contributed by atoms with Gasteiger partial charge in [-0.3, -0.25) is 14.3 Å². The average molecular weight is 293 g/mol. The molecule has 2 atom stereocenters. The maximum absolute atomic E-state index is 12.0. The molecule has 1 aromatic rings. The Labute approximate surface area is 124 Å². The van der Waals surface area contributed by atoms with Crippen LogP contribution in [0.5, 0.6) is 0 Å². The summed E-state index contributed by atoms with van der Waals surface area (Å²) in [6.45, 7) is 6.12. The van der Waals surface area contributed by atoms with Gasteiger partial charge >= 0.3 is 5.97 Å². The van der Waals surface area contributed by atoms with E-state index in [1.165, 1.54) is 0 Å². The van der Waals surface area contributed by atoms with E-state index in [0.29, 0.717) is 6.42 Å². The molecule has 0 radical (unpaired) electrons. The Hall–Kier alpha value is -1.85. The number of amides is 1. The second kappa shape index (κ2) is 5.16. The highest BCUT2D eigenvalue weighted by atomic mass is 16.4. The zero-order valence-electron chi connectivity index (χ0n) is 13.3. The minimum Gasteiger partial charge on any atom is -0.481 e. The van der Waals surface area contributed by atoms with Gasteiger partial charge in [0.1, 0.15) is 0 Å². The lowest BCUT2D eigenvalue weighted by Gasteiger charge is -2.37. The topological polar surface area (TPSA) is 75.4 Å². The van der Waals surface area contributed by atoms with E-state index in [4.69, 9.17) is 0 Å². The molecule has 1 N–H and O–H groups in total. The first kappa shape index (κ1) is 15.5. The van der Waals surface area contributed by atoms with Crippen molar-refractivity contribution in [1.82, 2.24) is 14.7 Å². The second-order valence-corrected chi connectivity index (χ2v) is 6.79. The number of hydrogen-bond acceptors (Lipinski definition) is 3. The molecule has 0 saturated carbocycles. The van der Waals surface area contributed by atoms with Gasteiger partial charge in [-0.05, 0) is 6.42 Å². The number of carbonyl (C=O) groups is 2. The number of likely N-dealkylation sites (tertiary alicyclic amines) is 1. The Bertz CT molecular complexity index is 571. The van der Waals surface area contributed by atoms with Crippen molar-refractivity contribution in [3.05, 3.63) is 17.5 Å². The van der Waals surface area contributed by atoms with E-state index in [-0.39, 0.29) is 17.7 Å². The Balaban J connectivity index is 2.55. The first-order valence-corrected chi connectivity index (χ1v) is 7.15. The quantitative estimate of drug-likeness (QED) is 0.900. The van der Waals surface area contributed by atoms with Gasteiger partial charge in [0, 0.05) is 37.7 Å². The van der Waals surface area contributed by atoms with Gasteiger partial charge in [-0.2, -0.15) is 5.10 Å². The van der Waals surface area contributed by atoms with Crippen molar-refractivity contribution in [2.45, 2.75) is 45.1 Å². The number of aromatic nitrogens is 2. The number of aliphatic carboxylic acids is 1. The van der Waals surface area contributed by atoms with Crippen LogP contribution in [0.1, 0.15) is 50.9 Å². The molecule has 0 aromatic carbocycles. The zero-order valence-corrected chi connectivity index (χ0v) is 13.3. The van der Waals surface area contributed by atoms with E-state index < -0.39 is 17.9 Å². The number of carbonyl (C=O) groups excluding carboxylic acids is 1. The van der Waals surface area contributed by atoms with Crippen LogP contribution in [0, 0.1) is 5.92 Å². The average Bonchev–Trinajstić information content (AvgIpc) is 2.73. The van der Waals surface area contributed by atoms with E-state index >= 15 is 0 Å². The van der Waals surface area contributed by atoms with Crippen LogP contribution >= 0.6 is 0 Å². The van der Waals surface area contributed by atoms with Crippen LogP contribution < -0.4 is 0 Å². The van der Waals surface area contributed by atoms with Crippen molar-refractivity contribution in [2.24, 2.45) is 13.0 Å². The van der Waals surface area contributed by atoms with Gasteiger partial charge in [-0.15, -0.1) is 0 Å². The van der Waals surface area contributed by atoms with E-state index in [1.807, 2.05) is 34.0 Å². The standard InChI is InChI=1S/C15H23N3O3/c1-15(2,3)13-10(8-17(4)16-13)12-9(14(20)21)6-7-11(19)18(12)5/h8-9,12H,6-7H2,1-5H3,(H,20,21). The summed E-state index contributed by atoms with van der Waals surface area (Å²) >= 11 is 0. The van der Waals surface area contributed by atoms with Crippen molar-refractivity contribution in [3.63, 3.8) is 0 Å². The van der Waals surface area contributed by atoms with Crippen molar-refractivity contribution in [1.29, 1.82) is 0 Å². The molecule has 6 heteroatoms. The summed E-state index contributed by atoms with van der Waals surface area (Å²) in [6.07, 6.45) is 2.51. The maximum Gasteiger partial charge on any atom is 0.308 e. The molecule has 0 spiro atoms. The Morgan fingerprint density at radius 1 is 1.38 bits per heavy atom. The van der Waals surface area contributed by atoms with Gasteiger partial charge in [0.25, 0.3) is 0 Å². The fourth-order valence-corrected chi connectivity index (χ4v) is 3.03. The summed E-state index contributed by atoms with van der Waals surface area (Å²) < 4.78 is 1.70. The van der Waals surface area contributed by atoms with Gasteiger partial charge in [-0.1, -0.05) is 20.8 Å². The van der Waals surface area contributed by atoms with E-state index in [9.17, 15) is 14.7 Å². The molecule has 1 fully saturated rings. The SMILES string of the molecule is CN1C(=O)CCC(C(=O)O)C1c1cn(C)nc1C(C)(C)C. The minimum atomic E-state index is -0.858. The molecule has 1 saturated heterocycles. The number of rotatable bonds is 2. The summed E-state index contributed by atoms with van der Waals surface area (Å²) in [5.74, 6) is -1.46. The third kappa shape index (κ3) is 2.80. The molecule has 1 aliphatic heterocycles. The van der Waals surface area contributed by atoms with Crippen LogP contribution in [0.25, 0.3) is 0 Å². The molecule has 0 bridgehead atoms. The Kier molecular flexibility index (Phi) is 3.82. The lowest BCUT2D eigenvalue weighted by atomic mass is 9.80. The van der Waals surface area contributed by atoms with Crippen LogP contribution in [0.4, 0.5) is 0 Å². The van der Waals surface area contributed by atoms with Crippen LogP contribution in [0.3, 0.4) is 0 Å². The van der Waals surface area contributed by atoms with Crippen molar-refractivity contribution in [3.8, 4) is 0 Å². The smallest absolute Gasteiger partial charge is 0.308 e. The monoisotopic (exact) mass is 293 g/mol. The number of carboxylic acid groups (broad SMARTS) is 1. The summed E-state index contributed by atoms with van der Waals surface area (Å²) in [4.78, 5) is 25.2. The molecule has 2 heterocycles. The maximum atomic E-state index is 12.0. The highest BCUT2D eigenvalue weighted by Gasteiger charge is 2.42. The molecular weight excluding hydrogens is 270 g/mol. The van der Waals surface area contributed by atoms with Crippen LogP contribution in [0.2, 0.25) is 0 Å². The number of aryl methyl sites for hydroxylation is 1. The molecule has 1 aromatic heterocycles. The number of carboxylic acids is 1. The fraction of sp³-hybridized carbons (Fsp3) is 0.667. The molecule has 1 aliphatic rings. The lowest BCUT2D eigenvalue weighted by molar-refractivity contribution is -0.150. The molecule has 116 valence electrons. The van der Waals surface area contributed by atoms with Crippen LogP contribution in [-0.4, -0.2) is 38.7 Å². The van der Waals surface area contributed by atoms with Gasteiger partial charge in [0.15, 0.2) is 0 Å². The lowest BCUT2D eigenvalue weighted by Crippen LogP contribution is -2.43. The normalized spacial score (nSPS) is 23.5. The van der Waals surface area contributed by atoms with Crippen molar-refractivity contribution >= 4 is 11.9 Å². The molecule has 6 nitrogen and oxygen atoms in total. The number of hydrogen-bond donors (Lipinski definition) is 1. The van der Waals surface area contributed by atoms with Gasteiger partial charge in [0.05, 0.1) is 17.7 Å². The highest BCUT2D eigenvalue weighted by Crippen LogP contribution is 2.39. The van der Waals surface area contributed by atoms with Crippen molar-refractivity contribution < 1.29 is 14.7 Å². The van der Waals surface area contributed by atoms with Crippen molar-refractivity contribution in [2.75, 3.05) is 7.05 Å². The van der Waals surface area contributed by atoms with E-state index in [2.05, 4.69) is 5.10 Å². The molecule has 21 heavy (non-hydrogen) atoms. The largest absolute Gasteiger partial charge is 0.481 e. The minimum absolute atomic E-state index is 0.0128. The third-order valence-electron chi connectivity index (χ3n) is 4.06. The molecular formula is C15H23N3O3. The van der Waals surface area contributed by atoms with Gasteiger partial charge in [0.2, 0.25) is 5.91 Å². The summed E-state index contributed by atoms with van der Waals surface area (Å²) in [6, 6.07) is -0.452. The first-order chi connectivity index (χ1) is 9.62. The summed E-state index contributed by atoms with van der Waals surface area (Å²) in [5, 5.41) is 14.0. The highest BCUT2D eigenvalue weighted by molar-refractivity contribution is 5.81. The molecule has 1 amide bonds. The number of nitrogens with zero attached hydrogens (tertiary/aromatic N) is 3.